The number of carbonyl (C=O) groups excluding carboxylic acids is 1. The maximum absolute atomic E-state index is 12.4. The van der Waals surface area contributed by atoms with Crippen molar-refractivity contribution in [3.63, 3.8) is 0 Å². The number of hydrogen-bond donors (Lipinski definition) is 2. The Hall–Kier alpha value is -1.59. The molecule has 1 unspecified atom stereocenters. The van der Waals surface area contributed by atoms with Crippen LogP contribution in [-0.4, -0.2) is 30.9 Å². The van der Waals surface area contributed by atoms with E-state index >= 15 is 0 Å². The van der Waals surface area contributed by atoms with Gasteiger partial charge in [0.2, 0.25) is 5.91 Å². The highest BCUT2D eigenvalue weighted by atomic mass is 35.5. The van der Waals surface area contributed by atoms with Gasteiger partial charge in [-0.25, -0.2) is 0 Å². The molecule has 2 aromatic rings. The molecule has 0 aliphatic carbocycles. The van der Waals surface area contributed by atoms with Crippen molar-refractivity contribution in [2.24, 2.45) is 5.73 Å². The number of halogens is 2. The lowest BCUT2D eigenvalue weighted by atomic mass is 9.92. The van der Waals surface area contributed by atoms with Crippen LogP contribution in [0.1, 0.15) is 24.5 Å². The maximum atomic E-state index is 12.4. The van der Waals surface area contributed by atoms with E-state index in [0.29, 0.717) is 6.54 Å². The highest BCUT2D eigenvalue weighted by Gasteiger charge is 2.29. The van der Waals surface area contributed by atoms with Crippen LogP contribution in [0, 0.1) is 0 Å². The Morgan fingerprint density at radius 1 is 1.04 bits per heavy atom. The average Bonchev–Trinajstić information content (AvgIpc) is 2.60. The maximum Gasteiger partial charge on any atom is 0.244 e. The molecule has 3 N–H and O–H groups in total. The third kappa shape index (κ3) is 7.34. The van der Waals surface area contributed by atoms with Gasteiger partial charge in [-0.2, -0.15) is 0 Å². The minimum absolute atomic E-state index is 0. The Kier molecular flexibility index (Phi) is 11.2. The molecular weight excluding hydrogens is 369 g/mol. The SMILES string of the molecule is CN(CCCNC(=O)C(C)(N)c1ccccc1)Cc1ccccc1.Cl.Cl. The fourth-order valence-corrected chi connectivity index (χ4v) is 2.62. The van der Waals surface area contributed by atoms with Crippen LogP contribution >= 0.6 is 24.8 Å². The van der Waals surface area contributed by atoms with E-state index in [2.05, 4.69) is 41.5 Å². The van der Waals surface area contributed by atoms with Crippen LogP contribution in [0.2, 0.25) is 0 Å². The molecule has 1 amide bonds. The van der Waals surface area contributed by atoms with Gasteiger partial charge in [-0.05, 0) is 38.1 Å². The minimum atomic E-state index is -1.00. The molecule has 0 fully saturated rings. The zero-order valence-electron chi connectivity index (χ0n) is 15.4. The molecule has 0 spiro atoms. The quantitative estimate of drug-likeness (QED) is 0.671. The summed E-state index contributed by atoms with van der Waals surface area (Å²) >= 11 is 0. The number of rotatable bonds is 8. The number of nitrogens with two attached hydrogens (primary N) is 1. The number of carbonyl (C=O) groups is 1. The van der Waals surface area contributed by atoms with Crippen molar-refractivity contribution in [2.45, 2.75) is 25.4 Å². The van der Waals surface area contributed by atoms with E-state index in [1.54, 1.807) is 6.92 Å². The minimum Gasteiger partial charge on any atom is -0.354 e. The van der Waals surface area contributed by atoms with E-state index in [4.69, 9.17) is 5.73 Å². The second kappa shape index (κ2) is 11.9. The Morgan fingerprint density at radius 3 is 2.15 bits per heavy atom. The summed E-state index contributed by atoms with van der Waals surface area (Å²) in [7, 11) is 2.09. The summed E-state index contributed by atoms with van der Waals surface area (Å²) in [5.41, 5.74) is 7.32. The monoisotopic (exact) mass is 397 g/mol. The van der Waals surface area contributed by atoms with Gasteiger partial charge in [-0.3, -0.25) is 4.79 Å². The first-order valence-corrected chi connectivity index (χ1v) is 8.35. The van der Waals surface area contributed by atoms with E-state index in [1.165, 1.54) is 5.56 Å². The van der Waals surface area contributed by atoms with Crippen molar-refractivity contribution < 1.29 is 4.79 Å². The van der Waals surface area contributed by atoms with Crippen molar-refractivity contribution >= 4 is 30.7 Å². The second-order valence-corrected chi connectivity index (χ2v) is 6.40. The van der Waals surface area contributed by atoms with Crippen molar-refractivity contribution in [3.8, 4) is 0 Å². The highest BCUT2D eigenvalue weighted by molar-refractivity contribution is 5.87. The molecule has 2 aromatic carbocycles. The van der Waals surface area contributed by atoms with Crippen molar-refractivity contribution in [2.75, 3.05) is 20.1 Å². The molecule has 144 valence electrons. The summed E-state index contributed by atoms with van der Waals surface area (Å²) in [5.74, 6) is -0.139. The van der Waals surface area contributed by atoms with Crippen LogP contribution in [-0.2, 0) is 16.9 Å². The lowest BCUT2D eigenvalue weighted by Gasteiger charge is -2.24. The van der Waals surface area contributed by atoms with Crippen LogP contribution in [0.25, 0.3) is 0 Å². The Labute approximate surface area is 169 Å². The zero-order chi connectivity index (χ0) is 17.4. The van der Waals surface area contributed by atoms with Crippen LogP contribution < -0.4 is 11.1 Å². The Bertz CT molecular complexity index is 636. The van der Waals surface area contributed by atoms with Gasteiger partial charge in [0.05, 0.1) is 0 Å². The highest BCUT2D eigenvalue weighted by Crippen LogP contribution is 2.17. The van der Waals surface area contributed by atoms with Crippen molar-refractivity contribution in [3.05, 3.63) is 71.8 Å². The van der Waals surface area contributed by atoms with E-state index in [9.17, 15) is 4.79 Å². The normalized spacial score (nSPS) is 12.5. The topological polar surface area (TPSA) is 58.4 Å². The molecular formula is C20H29Cl2N3O. The van der Waals surface area contributed by atoms with Crippen molar-refractivity contribution in [1.29, 1.82) is 0 Å². The van der Waals surface area contributed by atoms with Crippen LogP contribution in [0.4, 0.5) is 0 Å². The number of nitrogens with one attached hydrogen (secondary N) is 1. The Morgan fingerprint density at radius 2 is 1.58 bits per heavy atom. The predicted molar refractivity (Wildman–Crippen MR) is 113 cm³/mol. The van der Waals surface area contributed by atoms with Gasteiger partial charge in [0.1, 0.15) is 5.54 Å². The van der Waals surface area contributed by atoms with E-state index in [1.807, 2.05) is 36.4 Å². The molecule has 4 nitrogen and oxygen atoms in total. The molecule has 0 heterocycles. The van der Waals surface area contributed by atoms with E-state index in [0.717, 1.165) is 25.1 Å². The van der Waals surface area contributed by atoms with Gasteiger partial charge < -0.3 is 16.0 Å². The fraction of sp³-hybridized carbons (Fsp3) is 0.350. The molecule has 1 atom stereocenters. The molecule has 0 radical (unpaired) electrons. The third-order valence-corrected chi connectivity index (χ3v) is 4.14. The third-order valence-electron chi connectivity index (χ3n) is 4.14. The molecule has 0 aliphatic heterocycles. The summed E-state index contributed by atoms with van der Waals surface area (Å²) < 4.78 is 0. The van der Waals surface area contributed by atoms with Crippen LogP contribution in [0.3, 0.4) is 0 Å². The van der Waals surface area contributed by atoms with Gasteiger partial charge >= 0.3 is 0 Å². The first-order chi connectivity index (χ1) is 11.5. The molecule has 0 aliphatic rings. The van der Waals surface area contributed by atoms with Crippen LogP contribution in [0.5, 0.6) is 0 Å². The number of nitrogens with zero attached hydrogens (tertiary/aromatic N) is 1. The lowest BCUT2D eigenvalue weighted by Crippen LogP contribution is -2.49. The summed E-state index contributed by atoms with van der Waals surface area (Å²) in [6.45, 7) is 4.20. The number of amides is 1. The standard InChI is InChI=1S/C20H27N3O.2ClH/c1-20(21,18-12-7-4-8-13-18)19(24)22-14-9-15-23(2)16-17-10-5-3-6-11-17;;/h3-8,10-13H,9,14-16,21H2,1-2H3,(H,22,24);2*1H. The largest absolute Gasteiger partial charge is 0.354 e. The first kappa shape index (κ1) is 24.4. The smallest absolute Gasteiger partial charge is 0.244 e. The summed E-state index contributed by atoms with van der Waals surface area (Å²) in [4.78, 5) is 14.6. The number of benzene rings is 2. The lowest BCUT2D eigenvalue weighted by molar-refractivity contribution is -0.126. The predicted octanol–water partition coefficient (Wildman–Crippen LogP) is 3.34. The van der Waals surface area contributed by atoms with Gasteiger partial charge in [0.25, 0.3) is 0 Å². The molecule has 0 saturated heterocycles. The molecule has 2 rings (SSSR count). The Balaban J connectivity index is 0.00000312. The van der Waals surface area contributed by atoms with E-state index in [-0.39, 0.29) is 30.7 Å². The average molecular weight is 398 g/mol. The summed E-state index contributed by atoms with van der Waals surface area (Å²) in [6.07, 6.45) is 0.889. The molecule has 0 bridgehead atoms. The summed E-state index contributed by atoms with van der Waals surface area (Å²) in [6, 6.07) is 19.8. The van der Waals surface area contributed by atoms with Gasteiger partial charge in [-0.1, -0.05) is 60.7 Å². The second-order valence-electron chi connectivity index (χ2n) is 6.40. The van der Waals surface area contributed by atoms with Gasteiger partial charge in [-0.15, -0.1) is 24.8 Å². The van der Waals surface area contributed by atoms with Gasteiger partial charge in [0.15, 0.2) is 0 Å². The molecule has 26 heavy (non-hydrogen) atoms. The fourth-order valence-electron chi connectivity index (χ4n) is 2.62. The van der Waals surface area contributed by atoms with Crippen LogP contribution in [0.15, 0.2) is 60.7 Å². The number of hydrogen-bond acceptors (Lipinski definition) is 3. The van der Waals surface area contributed by atoms with Crippen molar-refractivity contribution in [1.82, 2.24) is 10.2 Å². The van der Waals surface area contributed by atoms with E-state index < -0.39 is 5.54 Å². The summed E-state index contributed by atoms with van der Waals surface area (Å²) in [5, 5.41) is 2.95. The van der Waals surface area contributed by atoms with Gasteiger partial charge in [0, 0.05) is 13.1 Å². The molecule has 0 saturated carbocycles. The first-order valence-electron chi connectivity index (χ1n) is 8.35. The zero-order valence-corrected chi connectivity index (χ0v) is 17.0. The molecule has 6 heteroatoms. The molecule has 0 aromatic heterocycles.